The van der Waals surface area contributed by atoms with Crippen molar-refractivity contribution in [1.29, 1.82) is 0 Å². The number of anilines is 1. The Morgan fingerprint density at radius 1 is 1.16 bits per heavy atom. The molecule has 3 N–H and O–H groups in total. The van der Waals surface area contributed by atoms with Crippen molar-refractivity contribution in [3.63, 3.8) is 0 Å². The normalized spacial score (nSPS) is 11.0. The number of pyridine rings is 1. The molecule has 3 rings (SSSR count). The average Bonchev–Trinajstić information content (AvgIpc) is 2.77. The van der Waals surface area contributed by atoms with Gasteiger partial charge in [-0.3, -0.25) is 4.98 Å². The van der Waals surface area contributed by atoms with Gasteiger partial charge in [-0.15, -0.1) is 0 Å². The lowest BCUT2D eigenvalue weighted by Gasteiger charge is -2.07. The van der Waals surface area contributed by atoms with E-state index < -0.39 is 0 Å². The molecule has 0 amide bonds. The molecule has 0 aliphatic carbocycles. The Labute approximate surface area is 110 Å². The number of fused-ring (bicyclic) bond motifs is 1. The number of aliphatic hydroxyl groups is 1. The second-order valence-corrected chi connectivity index (χ2v) is 4.38. The van der Waals surface area contributed by atoms with E-state index in [1.165, 1.54) is 0 Å². The molecule has 0 saturated carbocycles. The van der Waals surface area contributed by atoms with E-state index in [1.54, 1.807) is 12.4 Å². The Kier molecular flexibility index (Phi) is 2.89. The molecule has 0 atom stereocenters. The number of nitrogen functional groups attached to an aromatic ring is 1. The van der Waals surface area contributed by atoms with Gasteiger partial charge in [-0.1, -0.05) is 0 Å². The Balaban J connectivity index is 2.11. The predicted molar refractivity (Wildman–Crippen MR) is 73.4 cm³/mol. The van der Waals surface area contributed by atoms with Crippen molar-refractivity contribution in [3.8, 4) is 0 Å². The molecule has 0 radical (unpaired) electrons. The van der Waals surface area contributed by atoms with Gasteiger partial charge >= 0.3 is 0 Å². The van der Waals surface area contributed by atoms with Crippen LogP contribution in [0, 0.1) is 0 Å². The molecule has 0 unspecified atom stereocenters. The van der Waals surface area contributed by atoms with Crippen LogP contribution in [0.4, 0.5) is 5.69 Å². The van der Waals surface area contributed by atoms with Crippen LogP contribution in [0.25, 0.3) is 11.0 Å². The number of rotatable bonds is 3. The predicted octanol–water partition coefficient (Wildman–Crippen LogP) is 1.55. The summed E-state index contributed by atoms with van der Waals surface area (Å²) in [4.78, 5) is 8.41. The van der Waals surface area contributed by atoms with Crippen molar-refractivity contribution in [2.75, 3.05) is 5.73 Å². The van der Waals surface area contributed by atoms with Gasteiger partial charge in [-0.25, -0.2) is 4.98 Å². The van der Waals surface area contributed by atoms with Gasteiger partial charge < -0.3 is 15.4 Å². The molecule has 96 valence electrons. The Hall–Kier alpha value is -2.40. The lowest BCUT2D eigenvalue weighted by atomic mass is 10.2. The zero-order chi connectivity index (χ0) is 13.2. The fourth-order valence-corrected chi connectivity index (χ4v) is 2.16. The molecule has 0 saturated heterocycles. The van der Waals surface area contributed by atoms with Crippen LogP contribution in [0.1, 0.15) is 11.4 Å². The van der Waals surface area contributed by atoms with Crippen LogP contribution in [0.5, 0.6) is 0 Å². The van der Waals surface area contributed by atoms with Crippen LogP contribution in [0.3, 0.4) is 0 Å². The molecule has 3 aromatic rings. The van der Waals surface area contributed by atoms with E-state index in [2.05, 4.69) is 9.97 Å². The molecule has 2 heterocycles. The minimum Gasteiger partial charge on any atom is -0.399 e. The van der Waals surface area contributed by atoms with Gasteiger partial charge in [-0.2, -0.15) is 0 Å². The van der Waals surface area contributed by atoms with Crippen LogP contribution in [-0.2, 0) is 13.2 Å². The molecule has 1 aromatic carbocycles. The molecule has 0 fully saturated rings. The second kappa shape index (κ2) is 4.70. The van der Waals surface area contributed by atoms with E-state index in [4.69, 9.17) is 5.73 Å². The fraction of sp³-hybridized carbons (Fsp3) is 0.143. The van der Waals surface area contributed by atoms with Crippen LogP contribution in [-0.4, -0.2) is 19.6 Å². The summed E-state index contributed by atoms with van der Waals surface area (Å²) in [6, 6.07) is 9.48. The van der Waals surface area contributed by atoms with Gasteiger partial charge in [0.25, 0.3) is 0 Å². The standard InChI is InChI=1S/C14H14N4O/c15-11-1-2-13-12(7-11)17-14(9-19)18(13)8-10-3-5-16-6-4-10/h1-7,19H,8-9,15H2. The minimum absolute atomic E-state index is 0.0976. The van der Waals surface area contributed by atoms with Crippen molar-refractivity contribution in [2.45, 2.75) is 13.2 Å². The van der Waals surface area contributed by atoms with Gasteiger partial charge in [-0.05, 0) is 35.9 Å². The van der Waals surface area contributed by atoms with Crippen molar-refractivity contribution in [2.24, 2.45) is 0 Å². The van der Waals surface area contributed by atoms with E-state index in [9.17, 15) is 5.11 Å². The molecule has 0 aliphatic heterocycles. The maximum Gasteiger partial charge on any atom is 0.136 e. The summed E-state index contributed by atoms with van der Waals surface area (Å²) < 4.78 is 1.99. The number of aromatic nitrogens is 3. The van der Waals surface area contributed by atoms with Crippen molar-refractivity contribution >= 4 is 16.7 Å². The highest BCUT2D eigenvalue weighted by molar-refractivity contribution is 5.79. The SMILES string of the molecule is Nc1ccc2c(c1)nc(CO)n2Cc1ccncc1. The molecule has 2 aromatic heterocycles. The highest BCUT2D eigenvalue weighted by atomic mass is 16.3. The Bertz CT molecular complexity index is 706. The third-order valence-electron chi connectivity index (χ3n) is 3.08. The summed E-state index contributed by atoms with van der Waals surface area (Å²) in [7, 11) is 0. The molecule has 5 nitrogen and oxygen atoms in total. The monoisotopic (exact) mass is 254 g/mol. The number of imidazole rings is 1. The first-order valence-electron chi connectivity index (χ1n) is 6.02. The summed E-state index contributed by atoms with van der Waals surface area (Å²) in [5, 5.41) is 9.44. The van der Waals surface area contributed by atoms with Crippen molar-refractivity contribution < 1.29 is 5.11 Å². The van der Waals surface area contributed by atoms with E-state index in [0.717, 1.165) is 16.6 Å². The number of nitrogens with zero attached hydrogens (tertiary/aromatic N) is 3. The first kappa shape index (κ1) is 11.7. The summed E-state index contributed by atoms with van der Waals surface area (Å²) in [5.74, 6) is 0.636. The zero-order valence-corrected chi connectivity index (χ0v) is 10.3. The molecular weight excluding hydrogens is 240 g/mol. The number of nitrogens with two attached hydrogens (primary N) is 1. The molecule has 5 heteroatoms. The van der Waals surface area contributed by atoms with Gasteiger partial charge in [0.15, 0.2) is 0 Å². The third-order valence-corrected chi connectivity index (χ3v) is 3.08. The summed E-state index contributed by atoms with van der Waals surface area (Å²) >= 11 is 0. The maximum absolute atomic E-state index is 9.44. The van der Waals surface area contributed by atoms with Gasteiger partial charge in [0.05, 0.1) is 11.0 Å². The van der Waals surface area contributed by atoms with E-state index in [1.807, 2.05) is 34.9 Å². The average molecular weight is 254 g/mol. The lowest BCUT2D eigenvalue weighted by molar-refractivity contribution is 0.267. The maximum atomic E-state index is 9.44. The topological polar surface area (TPSA) is 77.0 Å². The van der Waals surface area contributed by atoms with E-state index in [0.29, 0.717) is 18.1 Å². The van der Waals surface area contributed by atoms with Crippen LogP contribution < -0.4 is 5.73 Å². The highest BCUT2D eigenvalue weighted by Gasteiger charge is 2.10. The van der Waals surface area contributed by atoms with Crippen LogP contribution in [0.15, 0.2) is 42.7 Å². The van der Waals surface area contributed by atoms with Gasteiger partial charge in [0.1, 0.15) is 12.4 Å². The molecule has 19 heavy (non-hydrogen) atoms. The Morgan fingerprint density at radius 2 is 1.95 bits per heavy atom. The largest absolute Gasteiger partial charge is 0.399 e. The number of aliphatic hydroxyl groups excluding tert-OH is 1. The molecular formula is C14H14N4O. The zero-order valence-electron chi connectivity index (χ0n) is 10.3. The van der Waals surface area contributed by atoms with Crippen molar-refractivity contribution in [3.05, 3.63) is 54.1 Å². The summed E-state index contributed by atoms with van der Waals surface area (Å²) in [6.07, 6.45) is 3.51. The van der Waals surface area contributed by atoms with Crippen LogP contribution in [0.2, 0.25) is 0 Å². The van der Waals surface area contributed by atoms with Gasteiger partial charge in [0, 0.05) is 24.6 Å². The van der Waals surface area contributed by atoms with E-state index in [-0.39, 0.29) is 6.61 Å². The highest BCUT2D eigenvalue weighted by Crippen LogP contribution is 2.20. The quantitative estimate of drug-likeness (QED) is 0.695. The molecule has 0 bridgehead atoms. The number of benzene rings is 1. The second-order valence-electron chi connectivity index (χ2n) is 4.38. The summed E-state index contributed by atoms with van der Waals surface area (Å²) in [6.45, 7) is 0.554. The third kappa shape index (κ3) is 2.15. The number of hydrogen-bond donors (Lipinski definition) is 2. The molecule has 0 aliphatic rings. The number of hydrogen-bond acceptors (Lipinski definition) is 4. The van der Waals surface area contributed by atoms with Gasteiger partial charge in [0.2, 0.25) is 0 Å². The Morgan fingerprint density at radius 3 is 2.68 bits per heavy atom. The summed E-state index contributed by atoms with van der Waals surface area (Å²) in [5.41, 5.74) is 9.31. The minimum atomic E-state index is -0.0976. The lowest BCUT2D eigenvalue weighted by Crippen LogP contribution is -2.05. The fourth-order valence-electron chi connectivity index (χ4n) is 2.16. The first-order valence-corrected chi connectivity index (χ1v) is 6.02. The van der Waals surface area contributed by atoms with Crippen molar-refractivity contribution in [1.82, 2.24) is 14.5 Å². The first-order chi connectivity index (χ1) is 9.28. The smallest absolute Gasteiger partial charge is 0.136 e. The molecule has 0 spiro atoms. The van der Waals surface area contributed by atoms with E-state index >= 15 is 0 Å². The van der Waals surface area contributed by atoms with Crippen LogP contribution >= 0.6 is 0 Å².